The highest BCUT2D eigenvalue weighted by atomic mass is 79.9. The molecule has 0 fully saturated rings. The molecule has 0 aliphatic heterocycles. The lowest BCUT2D eigenvalue weighted by Gasteiger charge is -2.04. The molecule has 2 aromatic carbocycles. The van der Waals surface area contributed by atoms with Crippen LogP contribution in [0.1, 0.15) is 16.0 Å². The van der Waals surface area contributed by atoms with E-state index >= 15 is 0 Å². The number of rotatable bonds is 4. The second-order valence-corrected chi connectivity index (χ2v) is 6.36. The maximum absolute atomic E-state index is 4.45. The molecule has 0 bridgehead atoms. The summed E-state index contributed by atoms with van der Waals surface area (Å²) < 4.78 is 1.04. The molecule has 0 aliphatic carbocycles. The number of benzene rings is 2. The zero-order valence-corrected chi connectivity index (χ0v) is 14.1. The Kier molecular flexibility index (Phi) is 4.93. The van der Waals surface area contributed by atoms with Crippen LogP contribution in [0.4, 0.5) is 0 Å². The number of hydrogen-bond donors (Lipinski definition) is 0. The molecule has 0 radical (unpaired) electrons. The van der Waals surface area contributed by atoms with E-state index in [1.807, 2.05) is 72.1 Å². The molecular weight excluding hydrogens is 356 g/mol. The maximum atomic E-state index is 4.45. The van der Waals surface area contributed by atoms with Crippen molar-refractivity contribution in [3.8, 4) is 0 Å². The number of nitrogens with zero attached hydrogens (tertiary/aromatic N) is 2. The Bertz CT molecular complexity index is 751. The van der Waals surface area contributed by atoms with E-state index < -0.39 is 0 Å². The topological polar surface area (TPSA) is 24.7 Å². The quantitative estimate of drug-likeness (QED) is 0.436. The molecule has 0 atom stereocenters. The van der Waals surface area contributed by atoms with Crippen molar-refractivity contribution in [3.63, 3.8) is 0 Å². The van der Waals surface area contributed by atoms with Gasteiger partial charge in [0, 0.05) is 15.6 Å². The van der Waals surface area contributed by atoms with Crippen LogP contribution in [0.25, 0.3) is 0 Å². The molecule has 22 heavy (non-hydrogen) atoms. The van der Waals surface area contributed by atoms with Gasteiger partial charge < -0.3 is 0 Å². The second-order valence-electron chi connectivity index (χ2n) is 4.56. The van der Waals surface area contributed by atoms with Gasteiger partial charge in [-0.2, -0.15) is 5.10 Å². The van der Waals surface area contributed by atoms with E-state index in [4.69, 9.17) is 0 Å². The van der Waals surface area contributed by atoms with E-state index in [1.54, 1.807) is 17.6 Å². The second kappa shape index (κ2) is 7.29. The van der Waals surface area contributed by atoms with Crippen molar-refractivity contribution in [3.05, 3.63) is 92.6 Å². The molecule has 0 saturated heterocycles. The van der Waals surface area contributed by atoms with Gasteiger partial charge in [0.25, 0.3) is 0 Å². The first-order chi connectivity index (χ1) is 10.8. The third-order valence-corrected chi connectivity index (χ3v) is 4.88. The molecular formula is C18H13BrN2S. The van der Waals surface area contributed by atoms with Crippen LogP contribution >= 0.6 is 27.3 Å². The predicted octanol–water partition coefficient (Wildman–Crippen LogP) is 5.38. The highest BCUT2D eigenvalue weighted by Gasteiger charge is 2.05. The maximum Gasteiger partial charge on any atom is 0.100 e. The lowest BCUT2D eigenvalue weighted by atomic mass is 10.0. The average molecular weight is 369 g/mol. The zero-order valence-electron chi connectivity index (χ0n) is 11.7. The number of halogens is 1. The molecule has 3 rings (SSSR count). The monoisotopic (exact) mass is 368 g/mol. The molecule has 1 aromatic heterocycles. The Morgan fingerprint density at radius 3 is 1.95 bits per heavy atom. The molecule has 0 N–H and O–H groups in total. The standard InChI is InChI=1S/C18H13BrN2S/c19-16-11-12-22-17(16)13-20-21-18(14-7-3-1-4-8-14)15-9-5-2-6-10-15/h1-13H. The largest absolute Gasteiger partial charge is 0.157 e. The predicted molar refractivity (Wildman–Crippen MR) is 98.1 cm³/mol. The minimum absolute atomic E-state index is 0.866. The summed E-state index contributed by atoms with van der Waals surface area (Å²) in [7, 11) is 0. The van der Waals surface area contributed by atoms with Gasteiger partial charge in [0.15, 0.2) is 0 Å². The van der Waals surface area contributed by atoms with E-state index in [-0.39, 0.29) is 0 Å². The van der Waals surface area contributed by atoms with Gasteiger partial charge in [-0.15, -0.1) is 16.4 Å². The summed E-state index contributed by atoms with van der Waals surface area (Å²) in [4.78, 5) is 1.06. The molecule has 4 heteroatoms. The molecule has 108 valence electrons. The zero-order chi connectivity index (χ0) is 15.2. The van der Waals surface area contributed by atoms with E-state index in [9.17, 15) is 0 Å². The first-order valence-corrected chi connectivity index (χ1v) is 8.47. The van der Waals surface area contributed by atoms with Crippen molar-refractivity contribution in [1.29, 1.82) is 0 Å². The summed E-state index contributed by atoms with van der Waals surface area (Å²) in [6, 6.07) is 22.2. The van der Waals surface area contributed by atoms with Crippen LogP contribution in [0.5, 0.6) is 0 Å². The van der Waals surface area contributed by atoms with Crippen LogP contribution in [-0.2, 0) is 0 Å². The van der Waals surface area contributed by atoms with Gasteiger partial charge in [-0.3, -0.25) is 0 Å². The Hall–Kier alpha value is -2.04. The SMILES string of the molecule is Brc1ccsc1C=NN=C(c1ccccc1)c1ccccc1. The van der Waals surface area contributed by atoms with Gasteiger partial charge >= 0.3 is 0 Å². The smallest absolute Gasteiger partial charge is 0.100 e. The van der Waals surface area contributed by atoms with Gasteiger partial charge in [-0.05, 0) is 27.4 Å². The molecule has 3 aromatic rings. The van der Waals surface area contributed by atoms with Crippen LogP contribution in [-0.4, -0.2) is 11.9 Å². The fourth-order valence-corrected chi connectivity index (χ4v) is 3.34. The van der Waals surface area contributed by atoms with E-state index in [1.165, 1.54) is 0 Å². The molecule has 0 unspecified atom stereocenters. The van der Waals surface area contributed by atoms with Crippen LogP contribution < -0.4 is 0 Å². The Balaban J connectivity index is 1.97. The van der Waals surface area contributed by atoms with Crippen molar-refractivity contribution in [2.75, 3.05) is 0 Å². The lowest BCUT2D eigenvalue weighted by Crippen LogP contribution is -2.02. The van der Waals surface area contributed by atoms with Gasteiger partial charge in [0.05, 0.1) is 11.1 Å². The van der Waals surface area contributed by atoms with Crippen molar-refractivity contribution < 1.29 is 0 Å². The summed E-state index contributed by atoms with van der Waals surface area (Å²) in [5.41, 5.74) is 2.97. The lowest BCUT2D eigenvalue weighted by molar-refractivity contribution is 1.24. The summed E-state index contributed by atoms with van der Waals surface area (Å²) in [6.07, 6.45) is 1.78. The highest BCUT2D eigenvalue weighted by molar-refractivity contribution is 9.10. The molecule has 0 aliphatic rings. The van der Waals surface area contributed by atoms with Crippen molar-refractivity contribution in [1.82, 2.24) is 0 Å². The third-order valence-electron chi connectivity index (χ3n) is 3.07. The number of hydrogen-bond acceptors (Lipinski definition) is 3. The Morgan fingerprint density at radius 1 is 0.864 bits per heavy atom. The Morgan fingerprint density at radius 2 is 1.45 bits per heavy atom. The fraction of sp³-hybridized carbons (Fsp3) is 0. The molecule has 0 amide bonds. The summed E-state index contributed by atoms with van der Waals surface area (Å²) in [5, 5.41) is 10.7. The van der Waals surface area contributed by atoms with Gasteiger partial charge in [-0.1, -0.05) is 60.7 Å². The van der Waals surface area contributed by atoms with Crippen molar-refractivity contribution in [2.45, 2.75) is 0 Å². The Labute approximate surface area is 142 Å². The first kappa shape index (κ1) is 14.9. The summed E-state index contributed by atoms with van der Waals surface area (Å²) in [6.45, 7) is 0. The normalized spacial score (nSPS) is 10.8. The molecule has 0 spiro atoms. The average Bonchev–Trinajstić information content (AvgIpc) is 2.98. The summed E-state index contributed by atoms with van der Waals surface area (Å²) in [5.74, 6) is 0. The third kappa shape index (κ3) is 3.59. The van der Waals surface area contributed by atoms with Gasteiger partial charge in [0.1, 0.15) is 5.71 Å². The van der Waals surface area contributed by atoms with E-state index in [2.05, 4.69) is 26.1 Å². The van der Waals surface area contributed by atoms with Crippen LogP contribution in [0.2, 0.25) is 0 Å². The highest BCUT2D eigenvalue weighted by Crippen LogP contribution is 2.20. The van der Waals surface area contributed by atoms with Crippen LogP contribution in [0.3, 0.4) is 0 Å². The number of thiophene rings is 1. The van der Waals surface area contributed by atoms with Gasteiger partial charge in [-0.25, -0.2) is 0 Å². The van der Waals surface area contributed by atoms with Gasteiger partial charge in [0.2, 0.25) is 0 Å². The minimum Gasteiger partial charge on any atom is -0.157 e. The molecule has 1 heterocycles. The molecule has 2 nitrogen and oxygen atoms in total. The van der Waals surface area contributed by atoms with Crippen molar-refractivity contribution in [2.24, 2.45) is 10.2 Å². The fourth-order valence-electron chi connectivity index (χ4n) is 2.01. The van der Waals surface area contributed by atoms with Crippen LogP contribution in [0, 0.1) is 0 Å². The van der Waals surface area contributed by atoms with Crippen molar-refractivity contribution >= 4 is 39.2 Å². The minimum atomic E-state index is 0.866. The summed E-state index contributed by atoms with van der Waals surface area (Å²) >= 11 is 5.12. The van der Waals surface area contributed by atoms with E-state index in [0.717, 1.165) is 26.2 Å². The molecule has 0 saturated carbocycles. The van der Waals surface area contributed by atoms with Crippen LogP contribution in [0.15, 0.2) is 86.8 Å². The first-order valence-electron chi connectivity index (χ1n) is 6.79. The van der Waals surface area contributed by atoms with E-state index in [0.29, 0.717) is 0 Å².